The molecular formula is C15H28N2O2. The standard InChI is InChI=1S/C15H28N2O2/c1-2-3-7-13(11-5-4-6-11)17-15(18)14-9-8-12(10-16)19-14/h11-14H,2-10,16H2,1H3,(H,17,18)/t12-,13?,14+/m1/s1. The van der Waals surface area contributed by atoms with Crippen LogP contribution in [0.1, 0.15) is 58.3 Å². The summed E-state index contributed by atoms with van der Waals surface area (Å²) >= 11 is 0. The highest BCUT2D eigenvalue weighted by molar-refractivity contribution is 5.81. The predicted octanol–water partition coefficient (Wildman–Crippen LogP) is 1.97. The first-order chi connectivity index (χ1) is 9.24. The Morgan fingerprint density at radius 2 is 2.16 bits per heavy atom. The Morgan fingerprint density at radius 3 is 2.68 bits per heavy atom. The highest BCUT2D eigenvalue weighted by atomic mass is 16.5. The summed E-state index contributed by atoms with van der Waals surface area (Å²) in [6.45, 7) is 2.72. The lowest BCUT2D eigenvalue weighted by atomic mass is 9.78. The minimum absolute atomic E-state index is 0.0774. The highest BCUT2D eigenvalue weighted by Crippen LogP contribution is 2.32. The lowest BCUT2D eigenvalue weighted by Gasteiger charge is -2.35. The molecule has 2 fully saturated rings. The summed E-state index contributed by atoms with van der Waals surface area (Å²) in [5.41, 5.74) is 5.59. The Labute approximate surface area is 116 Å². The Hall–Kier alpha value is -0.610. The molecule has 0 aromatic rings. The SMILES string of the molecule is CCCCC(NC(=O)[C@@H]1CC[C@H](CN)O1)C1CCC1. The maximum absolute atomic E-state index is 12.2. The fraction of sp³-hybridized carbons (Fsp3) is 0.933. The number of carbonyl (C=O) groups excluding carboxylic acids is 1. The van der Waals surface area contributed by atoms with Gasteiger partial charge in [-0.3, -0.25) is 4.79 Å². The third kappa shape index (κ3) is 3.93. The molecular weight excluding hydrogens is 240 g/mol. The summed E-state index contributed by atoms with van der Waals surface area (Å²) in [7, 11) is 0. The van der Waals surface area contributed by atoms with Gasteiger partial charge in [0.15, 0.2) is 0 Å². The van der Waals surface area contributed by atoms with Crippen LogP contribution in [0.2, 0.25) is 0 Å². The van der Waals surface area contributed by atoms with Crippen molar-refractivity contribution in [2.75, 3.05) is 6.54 Å². The van der Waals surface area contributed by atoms with E-state index in [1.54, 1.807) is 0 Å². The molecule has 1 saturated heterocycles. The molecule has 1 heterocycles. The van der Waals surface area contributed by atoms with Gasteiger partial charge in [-0.15, -0.1) is 0 Å². The first-order valence-corrected chi connectivity index (χ1v) is 7.90. The van der Waals surface area contributed by atoms with Crippen LogP contribution in [0.4, 0.5) is 0 Å². The molecule has 1 aliphatic carbocycles. The Balaban J connectivity index is 1.80. The molecule has 2 aliphatic rings. The molecule has 0 aromatic heterocycles. The van der Waals surface area contributed by atoms with Crippen LogP contribution >= 0.6 is 0 Å². The van der Waals surface area contributed by atoms with Gasteiger partial charge in [-0.25, -0.2) is 0 Å². The second-order valence-electron chi connectivity index (χ2n) is 6.01. The van der Waals surface area contributed by atoms with Crippen molar-refractivity contribution in [3.63, 3.8) is 0 Å². The van der Waals surface area contributed by atoms with Crippen LogP contribution in [-0.4, -0.2) is 30.7 Å². The van der Waals surface area contributed by atoms with E-state index in [-0.39, 0.29) is 18.1 Å². The summed E-state index contributed by atoms with van der Waals surface area (Å²) in [4.78, 5) is 12.2. The van der Waals surface area contributed by atoms with Gasteiger partial charge in [-0.1, -0.05) is 26.2 Å². The van der Waals surface area contributed by atoms with E-state index in [1.807, 2.05) is 0 Å². The van der Waals surface area contributed by atoms with Gasteiger partial charge < -0.3 is 15.8 Å². The lowest BCUT2D eigenvalue weighted by molar-refractivity contribution is -0.133. The van der Waals surface area contributed by atoms with Crippen LogP contribution in [0.5, 0.6) is 0 Å². The molecule has 4 nitrogen and oxygen atoms in total. The van der Waals surface area contributed by atoms with E-state index in [0.717, 1.165) is 19.3 Å². The second kappa shape index (κ2) is 7.25. The van der Waals surface area contributed by atoms with E-state index in [9.17, 15) is 4.79 Å². The van der Waals surface area contributed by atoms with Crippen molar-refractivity contribution in [1.29, 1.82) is 0 Å². The topological polar surface area (TPSA) is 64.4 Å². The maximum atomic E-state index is 12.2. The van der Waals surface area contributed by atoms with Gasteiger partial charge in [0.25, 0.3) is 0 Å². The highest BCUT2D eigenvalue weighted by Gasteiger charge is 2.33. The Morgan fingerprint density at radius 1 is 1.37 bits per heavy atom. The number of rotatable bonds is 7. The van der Waals surface area contributed by atoms with Crippen molar-refractivity contribution in [2.24, 2.45) is 11.7 Å². The maximum Gasteiger partial charge on any atom is 0.249 e. The zero-order valence-electron chi connectivity index (χ0n) is 12.1. The summed E-state index contributed by atoms with van der Waals surface area (Å²) in [5, 5.41) is 3.24. The summed E-state index contributed by atoms with van der Waals surface area (Å²) in [6, 6.07) is 0.363. The third-order valence-electron chi connectivity index (χ3n) is 4.58. The van der Waals surface area contributed by atoms with E-state index >= 15 is 0 Å². The number of unbranched alkanes of at least 4 members (excludes halogenated alkanes) is 1. The molecule has 4 heteroatoms. The van der Waals surface area contributed by atoms with Gasteiger partial charge in [0, 0.05) is 12.6 Å². The summed E-state index contributed by atoms with van der Waals surface area (Å²) < 4.78 is 5.67. The van der Waals surface area contributed by atoms with E-state index < -0.39 is 0 Å². The molecule has 2 rings (SSSR count). The molecule has 0 spiro atoms. The minimum Gasteiger partial charge on any atom is -0.364 e. The molecule has 19 heavy (non-hydrogen) atoms. The summed E-state index contributed by atoms with van der Waals surface area (Å²) in [6.07, 6.45) is 8.89. The van der Waals surface area contributed by atoms with Crippen LogP contribution in [-0.2, 0) is 9.53 Å². The van der Waals surface area contributed by atoms with Crippen LogP contribution in [0.15, 0.2) is 0 Å². The first kappa shape index (κ1) is 14.8. The van der Waals surface area contributed by atoms with Gasteiger partial charge in [0.05, 0.1) is 6.10 Å². The minimum atomic E-state index is -0.266. The average molecular weight is 268 g/mol. The van der Waals surface area contributed by atoms with Crippen molar-refractivity contribution in [2.45, 2.75) is 76.5 Å². The quantitative estimate of drug-likeness (QED) is 0.742. The molecule has 0 bridgehead atoms. The van der Waals surface area contributed by atoms with Crippen molar-refractivity contribution in [3.05, 3.63) is 0 Å². The van der Waals surface area contributed by atoms with Crippen LogP contribution < -0.4 is 11.1 Å². The van der Waals surface area contributed by atoms with Gasteiger partial charge >= 0.3 is 0 Å². The molecule has 3 atom stereocenters. The van der Waals surface area contributed by atoms with Crippen molar-refractivity contribution in [3.8, 4) is 0 Å². The predicted molar refractivity (Wildman–Crippen MR) is 75.7 cm³/mol. The van der Waals surface area contributed by atoms with Gasteiger partial charge in [-0.2, -0.15) is 0 Å². The first-order valence-electron chi connectivity index (χ1n) is 7.90. The van der Waals surface area contributed by atoms with Crippen molar-refractivity contribution in [1.82, 2.24) is 5.32 Å². The number of hydrogen-bond acceptors (Lipinski definition) is 3. The van der Waals surface area contributed by atoms with Gasteiger partial charge in [0.1, 0.15) is 6.10 Å². The van der Waals surface area contributed by atoms with Crippen molar-refractivity contribution >= 4 is 5.91 Å². The molecule has 1 amide bonds. The van der Waals surface area contributed by atoms with Crippen LogP contribution in [0.25, 0.3) is 0 Å². The fourth-order valence-corrected chi connectivity index (χ4v) is 3.04. The molecule has 1 unspecified atom stereocenters. The van der Waals surface area contributed by atoms with Crippen LogP contribution in [0.3, 0.4) is 0 Å². The zero-order valence-corrected chi connectivity index (χ0v) is 12.1. The second-order valence-corrected chi connectivity index (χ2v) is 6.01. The molecule has 1 saturated carbocycles. The van der Waals surface area contributed by atoms with Crippen LogP contribution in [0, 0.1) is 5.92 Å². The van der Waals surface area contributed by atoms with Crippen molar-refractivity contribution < 1.29 is 9.53 Å². The summed E-state index contributed by atoms with van der Waals surface area (Å²) in [5.74, 6) is 0.783. The van der Waals surface area contributed by atoms with E-state index in [2.05, 4.69) is 12.2 Å². The molecule has 0 radical (unpaired) electrons. The number of nitrogens with two attached hydrogens (primary N) is 1. The largest absolute Gasteiger partial charge is 0.364 e. The number of amides is 1. The normalized spacial score (nSPS) is 28.9. The van der Waals surface area contributed by atoms with Gasteiger partial charge in [0.2, 0.25) is 5.91 Å². The number of carbonyl (C=O) groups is 1. The van der Waals surface area contributed by atoms with E-state index in [0.29, 0.717) is 18.5 Å². The zero-order chi connectivity index (χ0) is 13.7. The fourth-order valence-electron chi connectivity index (χ4n) is 3.04. The number of ether oxygens (including phenoxy) is 1. The lowest BCUT2D eigenvalue weighted by Crippen LogP contribution is -2.47. The van der Waals surface area contributed by atoms with Gasteiger partial charge in [-0.05, 0) is 38.0 Å². The third-order valence-corrected chi connectivity index (χ3v) is 4.58. The van der Waals surface area contributed by atoms with E-state index in [1.165, 1.54) is 32.1 Å². The van der Waals surface area contributed by atoms with E-state index in [4.69, 9.17) is 10.5 Å². The smallest absolute Gasteiger partial charge is 0.249 e. The Bertz CT molecular complexity index is 292. The average Bonchev–Trinajstić information content (AvgIpc) is 2.82. The Kier molecular flexibility index (Phi) is 5.64. The molecule has 110 valence electrons. The number of hydrogen-bond donors (Lipinski definition) is 2. The monoisotopic (exact) mass is 268 g/mol. The molecule has 1 aliphatic heterocycles. The molecule has 3 N–H and O–H groups in total. The molecule has 0 aromatic carbocycles. The number of nitrogens with one attached hydrogen (secondary N) is 1.